The Kier molecular flexibility index (Phi) is 2.08. The predicted octanol–water partition coefficient (Wildman–Crippen LogP) is 1.36. The number of aromatic amines is 2. The van der Waals surface area contributed by atoms with Crippen molar-refractivity contribution in [3.05, 3.63) is 22.1 Å². The molecular formula is C11H18N2O2. The van der Waals surface area contributed by atoms with Crippen LogP contribution >= 0.6 is 0 Å². The molecule has 1 aromatic heterocycles. The third-order valence-corrected chi connectivity index (χ3v) is 4.16. The predicted molar refractivity (Wildman–Crippen MR) is 57.8 cm³/mol. The van der Waals surface area contributed by atoms with E-state index in [9.17, 15) is 9.90 Å². The fourth-order valence-electron chi connectivity index (χ4n) is 2.55. The molecule has 0 aromatic carbocycles. The zero-order valence-electron chi connectivity index (χ0n) is 9.42. The zero-order chi connectivity index (χ0) is 11.3. The summed E-state index contributed by atoms with van der Waals surface area (Å²) in [7, 11) is 0. The number of rotatable bonds is 1. The molecule has 2 atom stereocenters. The van der Waals surface area contributed by atoms with Crippen LogP contribution in [0.5, 0.6) is 0 Å². The van der Waals surface area contributed by atoms with Crippen molar-refractivity contribution < 1.29 is 5.11 Å². The van der Waals surface area contributed by atoms with Crippen LogP contribution in [0.1, 0.15) is 45.1 Å². The molecule has 0 saturated heterocycles. The van der Waals surface area contributed by atoms with Gasteiger partial charge in [-0.25, -0.2) is 0 Å². The first-order valence-corrected chi connectivity index (χ1v) is 5.34. The van der Waals surface area contributed by atoms with Crippen molar-refractivity contribution in [1.82, 2.24) is 10.2 Å². The van der Waals surface area contributed by atoms with Gasteiger partial charge in [-0.15, -0.1) is 0 Å². The molecule has 0 amide bonds. The average Bonchev–Trinajstić information content (AvgIpc) is 2.58. The fraction of sp³-hybridized carbons (Fsp3) is 0.727. The summed E-state index contributed by atoms with van der Waals surface area (Å²) in [5.41, 5.74) is -0.396. The van der Waals surface area contributed by atoms with Crippen molar-refractivity contribution in [2.75, 3.05) is 0 Å². The molecule has 1 aliphatic carbocycles. The van der Waals surface area contributed by atoms with E-state index in [-0.39, 0.29) is 16.9 Å². The molecule has 3 N–H and O–H groups in total. The van der Waals surface area contributed by atoms with Crippen molar-refractivity contribution in [3.8, 4) is 0 Å². The molecule has 1 fully saturated rings. The molecule has 0 bridgehead atoms. The smallest absolute Gasteiger partial charge is 0.267 e. The number of hydrogen-bond donors (Lipinski definition) is 3. The summed E-state index contributed by atoms with van der Waals surface area (Å²) in [5, 5.41) is 15.7. The molecule has 1 heterocycles. The Balaban J connectivity index is 2.42. The third-order valence-electron chi connectivity index (χ3n) is 4.16. The number of nitrogens with one attached hydrogen (secondary N) is 2. The number of aromatic nitrogens is 2. The summed E-state index contributed by atoms with van der Waals surface area (Å²) in [5.74, 6) is -0.0671. The van der Waals surface area contributed by atoms with E-state index in [4.69, 9.17) is 0 Å². The Morgan fingerprint density at radius 2 is 2.13 bits per heavy atom. The lowest BCUT2D eigenvalue weighted by molar-refractivity contribution is -0.0385. The highest BCUT2D eigenvalue weighted by molar-refractivity contribution is 5.21. The quantitative estimate of drug-likeness (QED) is 0.655. The highest BCUT2D eigenvalue weighted by Gasteiger charge is 2.52. The Hall–Kier alpha value is -1.03. The van der Waals surface area contributed by atoms with Crippen LogP contribution in [0.3, 0.4) is 0 Å². The van der Waals surface area contributed by atoms with Gasteiger partial charge in [0, 0.05) is 17.7 Å². The standard InChI is InChI=1S/C11H18N2O2/c1-10(2)5-4-8(11(10,3)15)7-6-12-13-9(7)14/h6,8,15H,4-5H2,1-3H3,(H2,12,13,14)/t8-,11+/m1/s1. The van der Waals surface area contributed by atoms with Crippen LogP contribution in [0.2, 0.25) is 0 Å². The minimum Gasteiger partial charge on any atom is -0.389 e. The summed E-state index contributed by atoms with van der Waals surface area (Å²) in [4.78, 5) is 11.5. The van der Waals surface area contributed by atoms with Gasteiger partial charge in [-0.2, -0.15) is 0 Å². The minimum absolute atomic E-state index is 0.0671. The van der Waals surface area contributed by atoms with Crippen LogP contribution in [0.25, 0.3) is 0 Å². The topological polar surface area (TPSA) is 68.9 Å². The monoisotopic (exact) mass is 210 g/mol. The van der Waals surface area contributed by atoms with Gasteiger partial charge in [-0.1, -0.05) is 13.8 Å². The maximum Gasteiger partial charge on any atom is 0.267 e. The first-order valence-electron chi connectivity index (χ1n) is 5.34. The van der Waals surface area contributed by atoms with Crippen LogP contribution in [0, 0.1) is 5.41 Å². The number of hydrogen-bond acceptors (Lipinski definition) is 2. The van der Waals surface area contributed by atoms with Crippen LogP contribution in [-0.4, -0.2) is 20.9 Å². The number of H-pyrrole nitrogens is 2. The summed E-state index contributed by atoms with van der Waals surface area (Å²) < 4.78 is 0. The van der Waals surface area contributed by atoms with E-state index in [1.54, 1.807) is 6.20 Å². The molecule has 1 aliphatic rings. The van der Waals surface area contributed by atoms with Gasteiger partial charge in [0.15, 0.2) is 0 Å². The second-order valence-corrected chi connectivity index (χ2v) is 5.32. The van der Waals surface area contributed by atoms with E-state index in [2.05, 4.69) is 10.2 Å². The van der Waals surface area contributed by atoms with Gasteiger partial charge in [-0.05, 0) is 25.2 Å². The Bertz CT molecular complexity index is 414. The van der Waals surface area contributed by atoms with Crippen molar-refractivity contribution in [1.29, 1.82) is 0 Å². The highest BCUT2D eigenvalue weighted by Crippen LogP contribution is 2.52. The normalized spacial score (nSPS) is 34.5. The number of aliphatic hydroxyl groups is 1. The second kappa shape index (κ2) is 2.98. The molecule has 2 rings (SSSR count). The molecule has 15 heavy (non-hydrogen) atoms. The summed E-state index contributed by atoms with van der Waals surface area (Å²) >= 11 is 0. The molecule has 84 valence electrons. The van der Waals surface area contributed by atoms with E-state index in [1.807, 2.05) is 20.8 Å². The highest BCUT2D eigenvalue weighted by atomic mass is 16.3. The molecule has 1 saturated carbocycles. The van der Waals surface area contributed by atoms with E-state index < -0.39 is 5.60 Å². The molecule has 0 spiro atoms. The van der Waals surface area contributed by atoms with Gasteiger partial charge in [0.1, 0.15) is 0 Å². The average molecular weight is 210 g/mol. The van der Waals surface area contributed by atoms with Gasteiger partial charge < -0.3 is 10.2 Å². The van der Waals surface area contributed by atoms with Crippen molar-refractivity contribution in [2.24, 2.45) is 5.41 Å². The lowest BCUT2D eigenvalue weighted by Crippen LogP contribution is -2.41. The van der Waals surface area contributed by atoms with E-state index >= 15 is 0 Å². The fourth-order valence-corrected chi connectivity index (χ4v) is 2.55. The van der Waals surface area contributed by atoms with Gasteiger partial charge in [0.2, 0.25) is 0 Å². The first kappa shape index (κ1) is 10.5. The molecular weight excluding hydrogens is 192 g/mol. The van der Waals surface area contributed by atoms with Crippen LogP contribution in [0.4, 0.5) is 0 Å². The van der Waals surface area contributed by atoms with Crippen molar-refractivity contribution in [2.45, 2.75) is 45.1 Å². The maximum absolute atomic E-state index is 11.5. The lowest BCUT2D eigenvalue weighted by Gasteiger charge is -2.36. The Morgan fingerprint density at radius 3 is 2.53 bits per heavy atom. The van der Waals surface area contributed by atoms with E-state index in [0.29, 0.717) is 5.56 Å². The zero-order valence-corrected chi connectivity index (χ0v) is 9.42. The van der Waals surface area contributed by atoms with Gasteiger partial charge >= 0.3 is 0 Å². The second-order valence-electron chi connectivity index (χ2n) is 5.32. The van der Waals surface area contributed by atoms with Crippen molar-refractivity contribution >= 4 is 0 Å². The minimum atomic E-state index is -0.817. The first-order chi connectivity index (χ1) is 6.86. The largest absolute Gasteiger partial charge is 0.389 e. The molecule has 0 aliphatic heterocycles. The van der Waals surface area contributed by atoms with Crippen LogP contribution in [0.15, 0.2) is 11.0 Å². The Morgan fingerprint density at radius 1 is 1.47 bits per heavy atom. The SMILES string of the molecule is CC1(C)CC[C@H](c2c[nH][nH]c2=O)[C@]1(C)O. The molecule has 0 radical (unpaired) electrons. The summed E-state index contributed by atoms with van der Waals surface area (Å²) in [6.07, 6.45) is 3.47. The van der Waals surface area contributed by atoms with E-state index in [0.717, 1.165) is 12.8 Å². The summed E-state index contributed by atoms with van der Waals surface area (Å²) in [6.45, 7) is 5.93. The maximum atomic E-state index is 11.5. The molecule has 4 heteroatoms. The van der Waals surface area contributed by atoms with Crippen LogP contribution < -0.4 is 5.56 Å². The third kappa shape index (κ3) is 1.35. The van der Waals surface area contributed by atoms with Crippen LogP contribution in [-0.2, 0) is 0 Å². The molecule has 4 nitrogen and oxygen atoms in total. The van der Waals surface area contributed by atoms with E-state index in [1.165, 1.54) is 0 Å². The summed E-state index contributed by atoms with van der Waals surface area (Å²) in [6, 6.07) is 0. The molecule has 1 aromatic rings. The van der Waals surface area contributed by atoms with Crippen molar-refractivity contribution in [3.63, 3.8) is 0 Å². The van der Waals surface area contributed by atoms with Gasteiger partial charge in [0.05, 0.1) is 5.60 Å². The van der Waals surface area contributed by atoms with Gasteiger partial charge in [-0.3, -0.25) is 9.89 Å². The molecule has 0 unspecified atom stereocenters. The lowest BCUT2D eigenvalue weighted by atomic mass is 9.74. The van der Waals surface area contributed by atoms with Gasteiger partial charge in [0.25, 0.3) is 5.56 Å². The Labute approximate surface area is 88.7 Å².